The van der Waals surface area contributed by atoms with E-state index in [1.54, 1.807) is 0 Å². The van der Waals surface area contributed by atoms with Gasteiger partial charge in [0.15, 0.2) is 12.6 Å². The van der Waals surface area contributed by atoms with Crippen molar-refractivity contribution < 1.29 is 28.8 Å². The lowest BCUT2D eigenvalue weighted by molar-refractivity contribution is -0.355. The Balaban J connectivity index is 1.40. The molecule has 3 N–H and O–H groups in total. The molecule has 3 aromatic carbocycles. The Labute approximate surface area is 205 Å². The maximum Gasteiger partial charge on any atom is 0.184 e. The van der Waals surface area contributed by atoms with Crippen molar-refractivity contribution in [2.24, 2.45) is 11.7 Å². The van der Waals surface area contributed by atoms with E-state index in [2.05, 4.69) is 0 Å². The first kappa shape index (κ1) is 23.9. The maximum absolute atomic E-state index is 10.5. The lowest BCUT2D eigenvalue weighted by Crippen LogP contribution is -2.72. The van der Waals surface area contributed by atoms with Crippen LogP contribution in [0.2, 0.25) is 0 Å². The van der Waals surface area contributed by atoms with E-state index in [9.17, 15) is 5.11 Å². The number of aliphatic hydroxyl groups excluding tert-OH is 1. The van der Waals surface area contributed by atoms with Gasteiger partial charge in [-0.1, -0.05) is 78.9 Å². The smallest absolute Gasteiger partial charge is 0.184 e. The Morgan fingerprint density at radius 2 is 1.54 bits per heavy atom. The number of nitrogens with two attached hydrogens (primary N) is 1. The predicted octanol–water partition coefficient (Wildman–Crippen LogP) is 3.43. The molecule has 2 aliphatic heterocycles. The van der Waals surface area contributed by atoms with Crippen LogP contribution in [-0.2, 0) is 25.6 Å². The minimum absolute atomic E-state index is 0.221. The number of aliphatic hydroxyl groups is 1. The van der Waals surface area contributed by atoms with E-state index in [1.165, 1.54) is 0 Å². The van der Waals surface area contributed by atoms with Crippen LogP contribution in [0.15, 0.2) is 91.0 Å². The Morgan fingerprint density at radius 1 is 0.886 bits per heavy atom. The Kier molecular flexibility index (Phi) is 7.43. The molecule has 2 aliphatic rings. The van der Waals surface area contributed by atoms with Gasteiger partial charge in [0.1, 0.15) is 11.9 Å². The molecule has 1 unspecified atom stereocenters. The van der Waals surface area contributed by atoms with Gasteiger partial charge in [-0.3, -0.25) is 0 Å². The number of para-hydroxylation sites is 1. The fraction of sp³-hybridized carbons (Fsp3) is 0.357. The highest BCUT2D eigenvalue weighted by Gasteiger charge is 2.57. The van der Waals surface area contributed by atoms with E-state index in [0.29, 0.717) is 19.0 Å². The van der Waals surface area contributed by atoms with E-state index in [-0.39, 0.29) is 13.2 Å². The van der Waals surface area contributed by atoms with Crippen molar-refractivity contribution in [3.8, 4) is 5.75 Å². The molecule has 3 aromatic rings. The molecule has 0 bridgehead atoms. The number of hydrogen-bond donors (Lipinski definition) is 2. The van der Waals surface area contributed by atoms with Gasteiger partial charge in [0, 0.05) is 11.5 Å². The van der Waals surface area contributed by atoms with Crippen LogP contribution in [0.4, 0.5) is 0 Å². The fourth-order valence-electron chi connectivity index (χ4n) is 4.65. The summed E-state index contributed by atoms with van der Waals surface area (Å²) in [6.07, 6.45) is -2.33. The van der Waals surface area contributed by atoms with E-state index >= 15 is 0 Å². The van der Waals surface area contributed by atoms with Crippen LogP contribution in [0.3, 0.4) is 0 Å². The highest BCUT2D eigenvalue weighted by Crippen LogP contribution is 2.41. The average molecular weight is 478 g/mol. The van der Waals surface area contributed by atoms with Crippen molar-refractivity contribution in [3.63, 3.8) is 0 Å². The quantitative estimate of drug-likeness (QED) is 0.514. The number of hydrogen-bond acceptors (Lipinski definition) is 7. The van der Waals surface area contributed by atoms with Crippen molar-refractivity contribution >= 4 is 0 Å². The average Bonchev–Trinajstić information content (AvgIpc) is 2.93. The van der Waals surface area contributed by atoms with Crippen LogP contribution < -0.4 is 10.5 Å². The van der Waals surface area contributed by atoms with Crippen LogP contribution in [0, 0.1) is 5.92 Å². The molecule has 184 valence electrons. The Bertz CT molecular complexity index is 1050. The second-order valence-electron chi connectivity index (χ2n) is 8.98. The Morgan fingerprint density at radius 3 is 2.23 bits per heavy atom. The van der Waals surface area contributed by atoms with Crippen LogP contribution in [-0.4, -0.2) is 49.0 Å². The third-order valence-electron chi connectivity index (χ3n) is 6.65. The standard InChI is InChI=1S/C28H31NO6/c29-28(19-30)23(17-31-22-14-8-3-9-15-22)25-24(18-32-26(35-25)21-12-6-2-7-13-21)34-27(28)33-16-20-10-4-1-5-11-20/h1-15,23-27,30H,16-19,29H2/t23-,24+,25-,26?,27+,28+/m0/s1. The van der Waals surface area contributed by atoms with Gasteiger partial charge in [-0.2, -0.15) is 0 Å². The summed E-state index contributed by atoms with van der Waals surface area (Å²) in [5.74, 6) is 0.284. The highest BCUT2D eigenvalue weighted by molar-refractivity contribution is 5.22. The summed E-state index contributed by atoms with van der Waals surface area (Å²) < 4.78 is 31.0. The van der Waals surface area contributed by atoms with Gasteiger partial charge in [0.2, 0.25) is 0 Å². The van der Waals surface area contributed by atoms with Gasteiger partial charge >= 0.3 is 0 Å². The zero-order valence-corrected chi connectivity index (χ0v) is 19.4. The second kappa shape index (κ2) is 10.9. The third kappa shape index (κ3) is 5.26. The predicted molar refractivity (Wildman–Crippen MR) is 129 cm³/mol. The molecule has 2 saturated heterocycles. The number of ether oxygens (including phenoxy) is 5. The molecule has 35 heavy (non-hydrogen) atoms. The first-order chi connectivity index (χ1) is 17.2. The zero-order chi connectivity index (χ0) is 24.1. The molecule has 0 aliphatic carbocycles. The van der Waals surface area contributed by atoms with Crippen molar-refractivity contribution in [1.29, 1.82) is 0 Å². The van der Waals surface area contributed by atoms with E-state index < -0.39 is 36.2 Å². The molecular formula is C28H31NO6. The zero-order valence-electron chi connectivity index (χ0n) is 19.4. The summed E-state index contributed by atoms with van der Waals surface area (Å²) in [4.78, 5) is 0. The summed E-state index contributed by atoms with van der Waals surface area (Å²) in [7, 11) is 0. The fourth-order valence-corrected chi connectivity index (χ4v) is 4.65. The van der Waals surface area contributed by atoms with Crippen molar-refractivity contribution in [1.82, 2.24) is 0 Å². The SMILES string of the molecule is N[C@@]1(CO)[C@H](OCc2ccccc2)O[C@@H]2COC(c3ccccc3)O[C@H]2[C@@H]1COc1ccccc1. The monoisotopic (exact) mass is 477 g/mol. The molecule has 7 heteroatoms. The number of benzene rings is 3. The second-order valence-corrected chi connectivity index (χ2v) is 8.98. The number of rotatable bonds is 8. The summed E-state index contributed by atoms with van der Waals surface area (Å²) in [6.45, 7) is 0.457. The summed E-state index contributed by atoms with van der Waals surface area (Å²) >= 11 is 0. The first-order valence-corrected chi connectivity index (χ1v) is 11.9. The molecule has 2 fully saturated rings. The topological polar surface area (TPSA) is 92.4 Å². The van der Waals surface area contributed by atoms with Gasteiger partial charge in [-0.15, -0.1) is 0 Å². The number of fused-ring (bicyclic) bond motifs is 1. The summed E-state index contributed by atoms with van der Waals surface area (Å²) in [6, 6.07) is 29.0. The summed E-state index contributed by atoms with van der Waals surface area (Å²) in [5, 5.41) is 10.5. The minimum atomic E-state index is -1.26. The molecule has 7 nitrogen and oxygen atoms in total. The molecule has 2 heterocycles. The molecule has 6 atom stereocenters. The normalized spacial score (nSPS) is 30.4. The molecule has 5 rings (SSSR count). The van der Waals surface area contributed by atoms with E-state index in [1.807, 2.05) is 91.0 Å². The van der Waals surface area contributed by atoms with Crippen LogP contribution in [0.5, 0.6) is 5.75 Å². The van der Waals surface area contributed by atoms with E-state index in [4.69, 9.17) is 29.4 Å². The van der Waals surface area contributed by atoms with E-state index in [0.717, 1.165) is 11.1 Å². The van der Waals surface area contributed by atoms with Crippen LogP contribution in [0.25, 0.3) is 0 Å². The van der Waals surface area contributed by atoms with Crippen LogP contribution >= 0.6 is 0 Å². The lowest BCUT2D eigenvalue weighted by Gasteiger charge is -2.53. The molecule has 0 aromatic heterocycles. The van der Waals surface area contributed by atoms with Crippen molar-refractivity contribution in [2.75, 3.05) is 19.8 Å². The van der Waals surface area contributed by atoms with Crippen molar-refractivity contribution in [3.05, 3.63) is 102 Å². The Hall–Kier alpha value is -2.78. The molecule has 0 saturated carbocycles. The van der Waals surface area contributed by atoms with Gasteiger partial charge in [0.05, 0.1) is 38.1 Å². The molecule has 0 spiro atoms. The third-order valence-corrected chi connectivity index (χ3v) is 6.65. The van der Waals surface area contributed by atoms with Crippen LogP contribution in [0.1, 0.15) is 17.4 Å². The minimum Gasteiger partial charge on any atom is -0.493 e. The summed E-state index contributed by atoms with van der Waals surface area (Å²) in [5.41, 5.74) is 7.49. The molecular weight excluding hydrogens is 446 g/mol. The van der Waals surface area contributed by atoms with Gasteiger partial charge in [-0.25, -0.2) is 0 Å². The highest BCUT2D eigenvalue weighted by atomic mass is 16.7. The maximum atomic E-state index is 10.5. The van der Waals surface area contributed by atoms with Gasteiger partial charge in [0.25, 0.3) is 0 Å². The van der Waals surface area contributed by atoms with Gasteiger partial charge in [-0.05, 0) is 17.7 Å². The van der Waals surface area contributed by atoms with Crippen molar-refractivity contribution in [2.45, 2.75) is 36.9 Å². The molecule has 0 radical (unpaired) electrons. The van der Waals surface area contributed by atoms with Gasteiger partial charge < -0.3 is 34.5 Å². The first-order valence-electron chi connectivity index (χ1n) is 11.9. The lowest BCUT2D eigenvalue weighted by atomic mass is 9.76. The largest absolute Gasteiger partial charge is 0.493 e. The molecule has 0 amide bonds.